The van der Waals surface area contributed by atoms with Crippen LogP contribution in [0.15, 0.2) is 29.2 Å². The van der Waals surface area contributed by atoms with Gasteiger partial charge in [-0.2, -0.15) is 0 Å². The van der Waals surface area contributed by atoms with Crippen molar-refractivity contribution in [1.82, 2.24) is 0 Å². The first-order valence-corrected chi connectivity index (χ1v) is 5.73. The molecule has 0 saturated heterocycles. The summed E-state index contributed by atoms with van der Waals surface area (Å²) in [6.45, 7) is 4.37. The van der Waals surface area contributed by atoms with E-state index in [0.717, 1.165) is 0 Å². The Morgan fingerprint density at radius 1 is 1.18 bits per heavy atom. The predicted octanol–water partition coefficient (Wildman–Crippen LogP) is 2.62. The second-order valence-corrected chi connectivity index (χ2v) is 5.06. The van der Waals surface area contributed by atoms with Crippen LogP contribution in [0, 0.1) is 6.92 Å². The molecule has 0 aromatic heterocycles. The molecule has 0 heterocycles. The van der Waals surface area contributed by atoms with Gasteiger partial charge in [-0.1, -0.05) is 17.7 Å². The molecule has 1 unspecified atom stereocenters. The maximum absolute atomic E-state index is 2.30. The van der Waals surface area contributed by atoms with Gasteiger partial charge in [0.15, 0.2) is 4.90 Å². The highest BCUT2D eigenvalue weighted by Crippen LogP contribution is 2.11. The van der Waals surface area contributed by atoms with Crippen LogP contribution in [-0.2, 0) is 10.9 Å². The maximum Gasteiger partial charge on any atom is 0.154 e. The molecule has 0 amide bonds. The van der Waals surface area contributed by atoms with Gasteiger partial charge in [0.2, 0.25) is 0 Å². The van der Waals surface area contributed by atoms with Crippen molar-refractivity contribution in [2.75, 3.05) is 12.0 Å². The lowest BCUT2D eigenvalue weighted by Gasteiger charge is -1.98. The van der Waals surface area contributed by atoms with E-state index in [1.165, 1.54) is 16.2 Å². The van der Waals surface area contributed by atoms with Gasteiger partial charge < -0.3 is 0 Å². The third kappa shape index (κ3) is 2.26. The molecule has 0 saturated carbocycles. The number of rotatable bonds is 2. The quantitative estimate of drug-likeness (QED) is 0.594. The molecule has 60 valence electrons. The Hall–Kier alpha value is -0.430. The number of hydrogen-bond acceptors (Lipinski definition) is 0. The second kappa shape index (κ2) is 3.82. The minimum absolute atomic E-state index is 0.451. The van der Waals surface area contributed by atoms with Crippen LogP contribution in [0.2, 0.25) is 0 Å². The molecule has 1 heteroatoms. The summed E-state index contributed by atoms with van der Waals surface area (Å²) in [6, 6.07) is 8.85. The third-order valence-corrected chi connectivity index (χ3v) is 3.80. The average Bonchev–Trinajstić information content (AvgIpc) is 2.05. The maximum atomic E-state index is 2.30. The molecular weight excluding hydrogens is 152 g/mol. The van der Waals surface area contributed by atoms with Gasteiger partial charge in [0, 0.05) is 10.9 Å². The lowest BCUT2D eigenvalue weighted by Crippen LogP contribution is -2.01. The van der Waals surface area contributed by atoms with E-state index in [9.17, 15) is 0 Å². The Bertz CT molecular complexity index is 213. The first-order valence-electron chi connectivity index (χ1n) is 3.93. The van der Waals surface area contributed by atoms with E-state index in [-0.39, 0.29) is 0 Å². The smallest absolute Gasteiger partial charge is 0.0543 e. The Morgan fingerprint density at radius 2 is 1.73 bits per heavy atom. The fourth-order valence-electron chi connectivity index (χ4n) is 0.937. The van der Waals surface area contributed by atoms with Crippen LogP contribution in [0.1, 0.15) is 12.5 Å². The Labute approximate surface area is 72.0 Å². The number of hydrogen-bond donors (Lipinski definition) is 0. The van der Waals surface area contributed by atoms with E-state index < -0.39 is 0 Å². The van der Waals surface area contributed by atoms with Crippen molar-refractivity contribution in [2.45, 2.75) is 18.7 Å². The van der Waals surface area contributed by atoms with E-state index in [0.29, 0.717) is 10.9 Å². The highest BCUT2D eigenvalue weighted by molar-refractivity contribution is 7.96. The Morgan fingerprint density at radius 3 is 2.18 bits per heavy atom. The van der Waals surface area contributed by atoms with Crippen molar-refractivity contribution in [2.24, 2.45) is 0 Å². The molecule has 0 aliphatic carbocycles. The summed E-state index contributed by atoms with van der Waals surface area (Å²) < 4.78 is 0. The largest absolute Gasteiger partial charge is 0.154 e. The molecule has 0 bridgehead atoms. The summed E-state index contributed by atoms with van der Waals surface area (Å²) in [4.78, 5) is 1.48. The first kappa shape index (κ1) is 8.66. The van der Waals surface area contributed by atoms with Gasteiger partial charge in [0.05, 0.1) is 0 Å². The van der Waals surface area contributed by atoms with Crippen LogP contribution in [0.3, 0.4) is 0 Å². The first-order chi connectivity index (χ1) is 5.24. The molecule has 0 aliphatic rings. The summed E-state index contributed by atoms with van der Waals surface area (Å²) in [5, 5.41) is 0. The van der Waals surface area contributed by atoms with Gasteiger partial charge in [-0.05, 0) is 26.0 Å². The molecule has 11 heavy (non-hydrogen) atoms. The standard InChI is InChI=1S/C10H15S/c1-4-11(3)10-7-5-9(2)6-8-10/h5-8H,4H2,1-3H3/q+1. The second-order valence-electron chi connectivity index (χ2n) is 2.74. The van der Waals surface area contributed by atoms with Gasteiger partial charge in [-0.3, -0.25) is 0 Å². The Balaban J connectivity index is 2.81. The SMILES string of the molecule is CC[S+](C)c1ccc(C)cc1. The van der Waals surface area contributed by atoms with Crippen molar-refractivity contribution >= 4 is 10.9 Å². The summed E-state index contributed by atoms with van der Waals surface area (Å²) in [5.74, 6) is 1.25. The van der Waals surface area contributed by atoms with E-state index in [4.69, 9.17) is 0 Å². The van der Waals surface area contributed by atoms with Crippen molar-refractivity contribution in [3.63, 3.8) is 0 Å². The zero-order valence-electron chi connectivity index (χ0n) is 7.42. The van der Waals surface area contributed by atoms with E-state index >= 15 is 0 Å². The van der Waals surface area contributed by atoms with Crippen LogP contribution in [0.4, 0.5) is 0 Å². The van der Waals surface area contributed by atoms with Crippen molar-refractivity contribution in [3.8, 4) is 0 Å². The highest BCUT2D eigenvalue weighted by Gasteiger charge is 2.10. The van der Waals surface area contributed by atoms with Gasteiger partial charge in [0.1, 0.15) is 12.0 Å². The zero-order valence-corrected chi connectivity index (χ0v) is 8.24. The normalized spacial score (nSPS) is 13.0. The Kier molecular flexibility index (Phi) is 3.01. The van der Waals surface area contributed by atoms with Crippen molar-refractivity contribution in [1.29, 1.82) is 0 Å². The predicted molar refractivity (Wildman–Crippen MR) is 53.3 cm³/mol. The number of aryl methyl sites for hydroxylation is 1. The van der Waals surface area contributed by atoms with Crippen LogP contribution in [0.5, 0.6) is 0 Å². The molecule has 0 aliphatic heterocycles. The van der Waals surface area contributed by atoms with Crippen LogP contribution < -0.4 is 0 Å². The monoisotopic (exact) mass is 167 g/mol. The summed E-state index contributed by atoms with van der Waals surface area (Å²) >= 11 is 0. The average molecular weight is 167 g/mol. The van der Waals surface area contributed by atoms with Crippen LogP contribution in [0.25, 0.3) is 0 Å². The molecule has 0 fully saturated rings. The topological polar surface area (TPSA) is 0 Å². The molecule has 0 N–H and O–H groups in total. The summed E-state index contributed by atoms with van der Waals surface area (Å²) in [6.07, 6.45) is 2.30. The minimum atomic E-state index is 0.451. The van der Waals surface area contributed by atoms with Gasteiger partial charge in [-0.15, -0.1) is 0 Å². The molecule has 0 spiro atoms. The van der Waals surface area contributed by atoms with Crippen molar-refractivity contribution < 1.29 is 0 Å². The van der Waals surface area contributed by atoms with E-state index in [2.05, 4.69) is 44.4 Å². The fraction of sp³-hybridized carbons (Fsp3) is 0.400. The van der Waals surface area contributed by atoms with Crippen LogP contribution >= 0.6 is 0 Å². The minimum Gasteiger partial charge on any atom is -0.0543 e. The lowest BCUT2D eigenvalue weighted by molar-refractivity contribution is 1.35. The van der Waals surface area contributed by atoms with E-state index in [1.807, 2.05) is 0 Å². The van der Waals surface area contributed by atoms with Gasteiger partial charge in [-0.25, -0.2) is 0 Å². The molecule has 1 aromatic carbocycles. The van der Waals surface area contributed by atoms with E-state index in [1.54, 1.807) is 0 Å². The third-order valence-electron chi connectivity index (χ3n) is 1.86. The fourth-order valence-corrected chi connectivity index (χ4v) is 1.87. The molecule has 0 nitrogen and oxygen atoms in total. The highest BCUT2D eigenvalue weighted by atomic mass is 32.2. The van der Waals surface area contributed by atoms with Crippen LogP contribution in [-0.4, -0.2) is 12.0 Å². The zero-order chi connectivity index (χ0) is 8.27. The molecular formula is C10H15S+. The van der Waals surface area contributed by atoms with Gasteiger partial charge in [0.25, 0.3) is 0 Å². The summed E-state index contributed by atoms with van der Waals surface area (Å²) in [5.41, 5.74) is 1.35. The van der Waals surface area contributed by atoms with Gasteiger partial charge >= 0.3 is 0 Å². The molecule has 1 atom stereocenters. The number of benzene rings is 1. The molecule has 1 aromatic rings. The molecule has 0 radical (unpaired) electrons. The van der Waals surface area contributed by atoms with Crippen molar-refractivity contribution in [3.05, 3.63) is 29.8 Å². The molecule has 1 rings (SSSR count). The summed E-state index contributed by atoms with van der Waals surface area (Å²) in [7, 11) is 0.451. The lowest BCUT2D eigenvalue weighted by atomic mass is 10.2.